The lowest BCUT2D eigenvalue weighted by atomic mass is 9.77. The first-order valence-corrected chi connectivity index (χ1v) is 12.4. The van der Waals surface area contributed by atoms with E-state index in [9.17, 15) is 0 Å². The monoisotopic (exact) mass is 435 g/mol. The fourth-order valence-electron chi connectivity index (χ4n) is 4.72. The third-order valence-electron chi connectivity index (χ3n) is 6.66. The molecular weight excluding hydrogens is 390 g/mol. The van der Waals surface area contributed by atoms with Gasteiger partial charge in [-0.15, -0.1) is 0 Å². The first kappa shape index (κ1) is 27.8. The minimum Gasteiger partial charge on any atom is -0.333 e. The highest BCUT2D eigenvalue weighted by atomic mass is 16.1. The quantitative estimate of drug-likeness (QED) is 0.402. The van der Waals surface area contributed by atoms with E-state index in [1.165, 1.54) is 87.9 Å². The van der Waals surface area contributed by atoms with Gasteiger partial charge in [0.15, 0.2) is 0 Å². The van der Waals surface area contributed by atoms with Crippen LogP contribution in [0.2, 0.25) is 0 Å². The Bertz CT molecular complexity index is 739. The molecule has 2 heteroatoms. The van der Waals surface area contributed by atoms with Crippen LogP contribution in [0, 0.1) is 5.92 Å². The molecule has 2 aromatic rings. The predicted molar refractivity (Wildman–Crippen MR) is 142 cm³/mol. The summed E-state index contributed by atoms with van der Waals surface area (Å²) in [6.07, 6.45) is 14.2. The Morgan fingerprint density at radius 3 is 1.81 bits per heavy atom. The highest BCUT2D eigenvalue weighted by Crippen LogP contribution is 2.38. The molecule has 1 fully saturated rings. The molecular formula is C30H45NO. The first-order valence-electron chi connectivity index (χ1n) is 12.4. The number of carbonyl (C=O) groups excluding carboxylic acids is 1. The Balaban J connectivity index is 0.00000121. The molecule has 0 aliphatic heterocycles. The van der Waals surface area contributed by atoms with E-state index in [0.29, 0.717) is 0 Å². The van der Waals surface area contributed by atoms with Crippen molar-refractivity contribution in [3.8, 4) is 11.1 Å². The summed E-state index contributed by atoms with van der Waals surface area (Å²) in [4.78, 5) is 8.00. The number of carbonyl (C=O) groups is 1. The molecule has 32 heavy (non-hydrogen) atoms. The maximum atomic E-state index is 8.00. The van der Waals surface area contributed by atoms with E-state index in [1.54, 1.807) is 5.56 Å². The van der Waals surface area contributed by atoms with Crippen LogP contribution in [0.25, 0.3) is 16.7 Å². The van der Waals surface area contributed by atoms with E-state index < -0.39 is 0 Å². The molecule has 2 N–H and O–H groups in total. The maximum Gasteiger partial charge on any atom is 0.106 e. The van der Waals surface area contributed by atoms with Crippen molar-refractivity contribution in [2.45, 2.75) is 84.0 Å². The van der Waals surface area contributed by atoms with Crippen molar-refractivity contribution in [2.24, 2.45) is 11.7 Å². The van der Waals surface area contributed by atoms with E-state index >= 15 is 0 Å². The van der Waals surface area contributed by atoms with Gasteiger partial charge in [0.25, 0.3) is 0 Å². The minimum atomic E-state index is 0.774. The van der Waals surface area contributed by atoms with Gasteiger partial charge in [0, 0.05) is 0 Å². The Labute approximate surface area is 197 Å². The second-order valence-corrected chi connectivity index (χ2v) is 8.90. The molecule has 2 nitrogen and oxygen atoms in total. The van der Waals surface area contributed by atoms with Crippen molar-refractivity contribution in [3.05, 3.63) is 66.2 Å². The van der Waals surface area contributed by atoms with Crippen LogP contribution in [-0.4, -0.2) is 13.8 Å². The Morgan fingerprint density at radius 2 is 1.31 bits per heavy atom. The lowest BCUT2D eigenvalue weighted by molar-refractivity contribution is -0.0979. The highest BCUT2D eigenvalue weighted by molar-refractivity contribution is 5.68. The standard InChI is InChI=1S/C28H38.CH5N.CH2O/c1-4-5-6-7-8-9-23-10-12-25(13-11-23)27-18-20-28(21-19-27)26-16-14-24(15-17-26)22(2)3;2*1-2/h14-21,23,25H,2,4-13H2,1,3H3;2H2,1H3;1H2. The Morgan fingerprint density at radius 1 is 0.812 bits per heavy atom. The molecule has 2 aromatic carbocycles. The summed E-state index contributed by atoms with van der Waals surface area (Å²) in [5, 5.41) is 0. The molecule has 0 heterocycles. The molecule has 1 saturated carbocycles. The van der Waals surface area contributed by atoms with Gasteiger partial charge in [-0.05, 0) is 73.7 Å². The summed E-state index contributed by atoms with van der Waals surface area (Å²) in [5.74, 6) is 1.76. The number of allylic oxidation sites excluding steroid dienone is 1. The van der Waals surface area contributed by atoms with Crippen molar-refractivity contribution in [2.75, 3.05) is 7.05 Å². The number of rotatable bonds is 9. The highest BCUT2D eigenvalue weighted by Gasteiger charge is 2.22. The van der Waals surface area contributed by atoms with E-state index in [1.807, 2.05) is 6.79 Å². The molecule has 0 spiro atoms. The van der Waals surface area contributed by atoms with E-state index in [4.69, 9.17) is 4.79 Å². The van der Waals surface area contributed by atoms with Crippen LogP contribution >= 0.6 is 0 Å². The van der Waals surface area contributed by atoms with Crippen LogP contribution in [0.1, 0.15) is 95.1 Å². The SMILES string of the molecule is C=C(C)c1ccc(-c2ccc(C3CCC(CCCCCCC)CC3)cc2)cc1.C=O.CN. The molecule has 3 rings (SSSR count). The number of nitrogens with two attached hydrogens (primary N) is 1. The normalized spacial score (nSPS) is 17.4. The van der Waals surface area contributed by atoms with Crippen molar-refractivity contribution < 1.29 is 4.79 Å². The first-order chi connectivity index (χ1) is 15.7. The molecule has 1 aliphatic rings. The van der Waals surface area contributed by atoms with Gasteiger partial charge in [0.05, 0.1) is 0 Å². The van der Waals surface area contributed by atoms with Crippen LogP contribution < -0.4 is 5.73 Å². The molecule has 0 bridgehead atoms. The largest absolute Gasteiger partial charge is 0.333 e. The number of unbranched alkanes of at least 4 members (excludes halogenated alkanes) is 4. The fourth-order valence-corrected chi connectivity index (χ4v) is 4.72. The summed E-state index contributed by atoms with van der Waals surface area (Å²) in [7, 11) is 1.50. The molecule has 176 valence electrons. The van der Waals surface area contributed by atoms with Crippen LogP contribution in [0.15, 0.2) is 55.1 Å². The summed E-state index contributed by atoms with van der Waals surface area (Å²) >= 11 is 0. The van der Waals surface area contributed by atoms with Crippen molar-refractivity contribution in [1.82, 2.24) is 0 Å². The zero-order valence-electron chi connectivity index (χ0n) is 20.7. The second kappa shape index (κ2) is 16.4. The Kier molecular flexibility index (Phi) is 14.3. The fraction of sp³-hybridized carbons (Fsp3) is 0.500. The van der Waals surface area contributed by atoms with Gasteiger partial charge in [-0.3, -0.25) is 0 Å². The number of hydrogen-bond acceptors (Lipinski definition) is 2. The van der Waals surface area contributed by atoms with Crippen LogP contribution in [-0.2, 0) is 4.79 Å². The second-order valence-electron chi connectivity index (χ2n) is 8.90. The van der Waals surface area contributed by atoms with Crippen molar-refractivity contribution in [1.29, 1.82) is 0 Å². The van der Waals surface area contributed by atoms with Gasteiger partial charge in [-0.25, -0.2) is 0 Å². The third kappa shape index (κ3) is 9.12. The zero-order valence-corrected chi connectivity index (χ0v) is 20.7. The van der Waals surface area contributed by atoms with Gasteiger partial charge in [0.2, 0.25) is 0 Å². The van der Waals surface area contributed by atoms with Gasteiger partial charge < -0.3 is 10.5 Å². The number of hydrogen-bond donors (Lipinski definition) is 1. The van der Waals surface area contributed by atoms with Crippen LogP contribution in [0.4, 0.5) is 0 Å². The summed E-state index contributed by atoms with van der Waals surface area (Å²) < 4.78 is 0. The molecule has 1 aliphatic carbocycles. The summed E-state index contributed by atoms with van der Waals surface area (Å²) in [6, 6.07) is 18.1. The predicted octanol–water partition coefficient (Wildman–Crippen LogP) is 8.41. The van der Waals surface area contributed by atoms with Gasteiger partial charge >= 0.3 is 0 Å². The van der Waals surface area contributed by atoms with E-state index in [-0.39, 0.29) is 0 Å². The van der Waals surface area contributed by atoms with E-state index in [2.05, 4.69) is 74.7 Å². The lowest BCUT2D eigenvalue weighted by Crippen LogP contribution is -2.13. The van der Waals surface area contributed by atoms with E-state index in [0.717, 1.165) is 17.4 Å². The third-order valence-corrected chi connectivity index (χ3v) is 6.66. The van der Waals surface area contributed by atoms with Crippen molar-refractivity contribution in [3.63, 3.8) is 0 Å². The average molecular weight is 436 g/mol. The average Bonchev–Trinajstić information content (AvgIpc) is 2.87. The lowest BCUT2D eigenvalue weighted by Gasteiger charge is -2.29. The molecule has 0 atom stereocenters. The van der Waals surface area contributed by atoms with Crippen LogP contribution in [0.5, 0.6) is 0 Å². The van der Waals surface area contributed by atoms with Crippen molar-refractivity contribution >= 4 is 12.4 Å². The Hall–Kier alpha value is -2.19. The summed E-state index contributed by atoms with van der Waals surface area (Å²) in [5.41, 5.74) is 11.0. The van der Waals surface area contributed by atoms with Gasteiger partial charge in [0.1, 0.15) is 6.79 Å². The zero-order chi connectivity index (χ0) is 23.8. The molecule has 0 aromatic heterocycles. The molecule has 0 unspecified atom stereocenters. The molecule has 0 radical (unpaired) electrons. The van der Waals surface area contributed by atoms with Gasteiger partial charge in [-0.2, -0.15) is 0 Å². The minimum absolute atomic E-state index is 0.774. The summed E-state index contributed by atoms with van der Waals surface area (Å²) in [6.45, 7) is 10.4. The topological polar surface area (TPSA) is 43.1 Å². The van der Waals surface area contributed by atoms with Crippen LogP contribution in [0.3, 0.4) is 0 Å². The maximum absolute atomic E-state index is 8.00. The molecule has 0 amide bonds. The smallest absolute Gasteiger partial charge is 0.106 e. The number of benzene rings is 2. The van der Waals surface area contributed by atoms with Gasteiger partial charge in [-0.1, -0.05) is 106 Å². The molecule has 0 saturated heterocycles.